The van der Waals surface area contributed by atoms with Gasteiger partial charge in [-0.25, -0.2) is 0 Å². The molecule has 0 radical (unpaired) electrons. The Balaban J connectivity index is 0.000000176. The molecule has 0 saturated carbocycles. The molecule has 6 aliphatic heterocycles. The summed E-state index contributed by atoms with van der Waals surface area (Å²) in [4.78, 5) is 98.5. The zero-order chi connectivity index (χ0) is 44.9. The van der Waals surface area contributed by atoms with Crippen LogP contribution < -0.4 is 15.4 Å². The van der Waals surface area contributed by atoms with E-state index in [1.54, 1.807) is 18.2 Å². The summed E-state index contributed by atoms with van der Waals surface area (Å²) in [5.41, 5.74) is 0.357. The van der Waals surface area contributed by atoms with Crippen LogP contribution in [0.5, 0.6) is 11.5 Å². The van der Waals surface area contributed by atoms with Gasteiger partial charge in [-0.1, -0.05) is 28.1 Å². The third-order valence-electron chi connectivity index (χ3n) is 11.1. The van der Waals surface area contributed by atoms with E-state index in [1.165, 1.54) is 37.5 Å². The van der Waals surface area contributed by atoms with Crippen LogP contribution in [0.25, 0.3) is 0 Å². The van der Waals surface area contributed by atoms with Gasteiger partial charge in [0.15, 0.2) is 12.6 Å². The Labute approximate surface area is 372 Å². The predicted molar refractivity (Wildman–Crippen MR) is 225 cm³/mol. The van der Waals surface area contributed by atoms with Gasteiger partial charge in [-0.05, 0) is 101 Å². The number of rotatable bonds is 14. The number of imide groups is 4. The monoisotopic (exact) mass is 940 g/mol. The maximum atomic E-state index is 13.0. The zero-order valence-corrected chi connectivity index (χ0v) is 36.5. The number of nitrogens with one attached hydrogen (secondary N) is 2. The van der Waals surface area contributed by atoms with Crippen LogP contribution in [0.4, 0.5) is 0 Å². The van der Waals surface area contributed by atoms with Crippen molar-refractivity contribution in [3.8, 4) is 11.5 Å². The van der Waals surface area contributed by atoms with Crippen LogP contribution in [0.15, 0.2) is 36.4 Å². The molecule has 0 bridgehead atoms. The Morgan fingerprint density at radius 2 is 1.10 bits per heavy atom. The number of unbranched alkanes of at least 4 members (excludes halogenated alkanes) is 2. The first-order valence-electron chi connectivity index (χ1n) is 21.5. The fraction of sp³-hybridized carbons (Fsp3) is 0.545. The molecule has 0 spiro atoms. The molecule has 4 saturated heterocycles. The molecule has 0 aromatic heterocycles. The second kappa shape index (κ2) is 23.0. The van der Waals surface area contributed by atoms with Crippen LogP contribution in [0.1, 0.15) is 131 Å². The van der Waals surface area contributed by atoms with Gasteiger partial charge in [-0.2, -0.15) is 0 Å². The van der Waals surface area contributed by atoms with Crippen LogP contribution in [0.3, 0.4) is 0 Å². The lowest BCUT2D eigenvalue weighted by Gasteiger charge is -2.27. The molecule has 6 heterocycles. The number of hydrogen-bond donors (Lipinski definition) is 3. The van der Waals surface area contributed by atoms with E-state index < -0.39 is 59.3 Å². The molecule has 8 rings (SSSR count). The van der Waals surface area contributed by atoms with Gasteiger partial charge in [-0.3, -0.25) is 58.8 Å². The number of piperidine rings is 2. The number of aromatic hydroxyl groups is 1. The van der Waals surface area contributed by atoms with Crippen molar-refractivity contribution < 1.29 is 67.1 Å². The van der Waals surface area contributed by atoms with Crippen molar-refractivity contribution in [3.05, 3.63) is 58.7 Å². The molecule has 340 valence electrons. The van der Waals surface area contributed by atoms with Crippen LogP contribution in [-0.4, -0.2) is 125 Å². The van der Waals surface area contributed by atoms with E-state index in [0.29, 0.717) is 19.0 Å². The third kappa shape index (κ3) is 11.9. The van der Waals surface area contributed by atoms with Gasteiger partial charge in [0, 0.05) is 44.6 Å². The van der Waals surface area contributed by atoms with Crippen molar-refractivity contribution in [2.45, 2.75) is 115 Å². The van der Waals surface area contributed by atoms with Gasteiger partial charge in [0.2, 0.25) is 23.6 Å². The molecule has 4 atom stereocenters. The summed E-state index contributed by atoms with van der Waals surface area (Å²) in [6.45, 7) is 3.40. The minimum atomic E-state index is -1.01. The SMILES string of the molecule is BrCCCCOC1CCCCO1.O=C1CCC(N2C(=O)c3cccc(O)c3C2=O)C(=O)N1.O=C1CCC(N2C(=O)c3cccc(OCCCCOC4CCCCO4)c3C2=O)C(=O)N1. The van der Waals surface area contributed by atoms with Crippen LogP contribution in [0, 0.1) is 0 Å². The van der Waals surface area contributed by atoms with E-state index in [4.69, 9.17) is 23.7 Å². The van der Waals surface area contributed by atoms with E-state index in [-0.39, 0.29) is 66.3 Å². The molecule has 19 heteroatoms. The maximum absolute atomic E-state index is 13.0. The smallest absolute Gasteiger partial charge is 0.266 e. The number of phenols is 1. The second-order valence-corrected chi connectivity index (χ2v) is 16.4. The zero-order valence-electron chi connectivity index (χ0n) is 34.9. The Morgan fingerprint density at radius 1 is 0.603 bits per heavy atom. The van der Waals surface area contributed by atoms with Crippen LogP contribution in [0.2, 0.25) is 0 Å². The molecular formula is C44H53BrN4O14. The number of ether oxygens (including phenoxy) is 5. The number of hydrogen-bond acceptors (Lipinski definition) is 14. The number of nitrogens with zero attached hydrogens (tertiary/aromatic N) is 2. The largest absolute Gasteiger partial charge is 0.507 e. The van der Waals surface area contributed by atoms with Crippen LogP contribution in [-0.2, 0) is 38.1 Å². The molecule has 2 aromatic rings. The number of carbonyl (C=O) groups excluding carboxylic acids is 8. The number of benzene rings is 2. The minimum Gasteiger partial charge on any atom is -0.507 e. The maximum Gasteiger partial charge on any atom is 0.266 e. The van der Waals surface area contributed by atoms with Crippen molar-refractivity contribution in [2.75, 3.05) is 38.4 Å². The summed E-state index contributed by atoms with van der Waals surface area (Å²) < 4.78 is 28.0. The van der Waals surface area contributed by atoms with Gasteiger partial charge in [0.05, 0.1) is 28.9 Å². The Bertz CT molecular complexity index is 2030. The summed E-state index contributed by atoms with van der Waals surface area (Å²) in [6.07, 6.45) is 10.8. The summed E-state index contributed by atoms with van der Waals surface area (Å²) >= 11 is 3.39. The van der Waals surface area contributed by atoms with E-state index in [9.17, 15) is 43.5 Å². The molecule has 18 nitrogen and oxygen atoms in total. The molecule has 4 fully saturated rings. The summed E-state index contributed by atoms with van der Waals surface area (Å²) in [5, 5.41) is 15.1. The lowest BCUT2D eigenvalue weighted by Crippen LogP contribution is -2.54. The summed E-state index contributed by atoms with van der Waals surface area (Å²) in [7, 11) is 0. The lowest BCUT2D eigenvalue weighted by atomic mass is 10.0. The van der Waals surface area contributed by atoms with Crippen molar-refractivity contribution in [3.63, 3.8) is 0 Å². The highest BCUT2D eigenvalue weighted by molar-refractivity contribution is 9.09. The highest BCUT2D eigenvalue weighted by Crippen LogP contribution is 2.35. The van der Waals surface area contributed by atoms with Gasteiger partial charge in [0.25, 0.3) is 23.6 Å². The molecule has 3 N–H and O–H groups in total. The van der Waals surface area contributed by atoms with Gasteiger partial charge in [-0.15, -0.1) is 0 Å². The Hall–Kier alpha value is -5.08. The number of fused-ring (bicyclic) bond motifs is 2. The Morgan fingerprint density at radius 3 is 1.59 bits per heavy atom. The molecular weight excluding hydrogens is 888 g/mol. The van der Waals surface area contributed by atoms with Crippen molar-refractivity contribution in [1.29, 1.82) is 0 Å². The fourth-order valence-corrected chi connectivity index (χ4v) is 8.20. The van der Waals surface area contributed by atoms with Crippen molar-refractivity contribution in [2.24, 2.45) is 0 Å². The molecule has 8 amide bonds. The molecule has 2 aromatic carbocycles. The second-order valence-electron chi connectivity index (χ2n) is 15.6. The van der Waals surface area contributed by atoms with Gasteiger partial charge >= 0.3 is 0 Å². The van der Waals surface area contributed by atoms with E-state index in [2.05, 4.69) is 26.6 Å². The first-order valence-corrected chi connectivity index (χ1v) is 22.7. The average molecular weight is 942 g/mol. The van der Waals surface area contributed by atoms with Gasteiger partial charge in [0.1, 0.15) is 23.6 Å². The third-order valence-corrected chi connectivity index (χ3v) is 11.6. The topological polar surface area (TPSA) is 233 Å². The molecule has 6 aliphatic rings. The number of carbonyl (C=O) groups is 8. The fourth-order valence-electron chi connectivity index (χ4n) is 7.80. The highest BCUT2D eigenvalue weighted by atomic mass is 79.9. The summed E-state index contributed by atoms with van der Waals surface area (Å²) in [6, 6.07) is 7.01. The molecule has 63 heavy (non-hydrogen) atoms. The number of amides is 8. The quantitative estimate of drug-likeness (QED) is 0.136. The minimum absolute atomic E-state index is 0.0653. The van der Waals surface area contributed by atoms with Crippen molar-refractivity contribution in [1.82, 2.24) is 20.4 Å². The normalized spacial score (nSPS) is 23.3. The standard InChI is InChI=1S/C22H26N2O7.C13H10N2O5.C9H17BrO2/c25-17-10-9-15(20(26)23-17)24-21(27)14-6-5-7-16(19(14)22(24)28)29-11-3-4-13-31-18-8-1-2-12-30-18;16-8-3-1-2-6-10(8)13(20)15(12(6)19)7-4-5-9(17)14-11(7)18;10-6-2-4-8-12-9-5-1-3-7-11-9/h5-7,15,18H,1-4,8-13H2,(H,23,25,26);1-3,7,16H,4-5H2,(H,14,17,18);9H,1-8H2. The van der Waals surface area contributed by atoms with E-state index in [0.717, 1.165) is 79.9 Å². The van der Waals surface area contributed by atoms with Crippen molar-refractivity contribution >= 4 is 63.2 Å². The first-order chi connectivity index (χ1) is 30.5. The van der Waals surface area contributed by atoms with Gasteiger partial charge < -0.3 is 28.8 Å². The number of phenolic OH excluding ortho intramolecular Hbond substituents is 1. The number of alkyl halides is 1. The van der Waals surface area contributed by atoms with Crippen LogP contribution >= 0.6 is 15.9 Å². The average Bonchev–Trinajstić information content (AvgIpc) is 3.69. The molecule has 4 unspecified atom stereocenters. The summed E-state index contributed by atoms with van der Waals surface area (Å²) in [5.74, 6) is -4.55. The first kappa shape index (κ1) is 47.4. The Kier molecular flexibility index (Phi) is 17.3. The van der Waals surface area contributed by atoms with E-state index in [1.807, 2.05) is 0 Å². The number of halogens is 1. The predicted octanol–water partition coefficient (Wildman–Crippen LogP) is 4.29. The molecule has 0 aliphatic carbocycles. The lowest BCUT2D eigenvalue weighted by molar-refractivity contribution is -0.163. The van der Waals surface area contributed by atoms with E-state index >= 15 is 0 Å². The highest BCUT2D eigenvalue weighted by Gasteiger charge is 2.47.